The molecule has 0 radical (unpaired) electrons. The Hall–Kier alpha value is -1.53. The van der Waals surface area contributed by atoms with Crippen LogP contribution in [0.15, 0.2) is 29.6 Å². The summed E-state index contributed by atoms with van der Waals surface area (Å²) in [4.78, 5) is 14.8. The minimum atomic E-state index is 0.104. The quantitative estimate of drug-likeness (QED) is 0.532. The van der Waals surface area contributed by atoms with Crippen molar-refractivity contribution >= 4 is 34.9 Å². The van der Waals surface area contributed by atoms with Crippen molar-refractivity contribution in [2.75, 3.05) is 24.7 Å². The van der Waals surface area contributed by atoms with Crippen molar-refractivity contribution in [2.24, 2.45) is 0 Å². The zero-order valence-corrected chi connectivity index (χ0v) is 13.1. The van der Waals surface area contributed by atoms with Crippen LogP contribution in [-0.2, 0) is 0 Å². The summed E-state index contributed by atoms with van der Waals surface area (Å²) in [5.41, 5.74) is 7.73. The average Bonchev–Trinajstić information content (AvgIpc) is 2.37. The second-order valence-electron chi connectivity index (χ2n) is 4.49. The van der Waals surface area contributed by atoms with E-state index in [1.807, 2.05) is 38.1 Å². The number of halogens is 1. The molecule has 0 saturated carbocycles. The van der Waals surface area contributed by atoms with Gasteiger partial charge in [-0.25, -0.2) is 9.97 Å². The second-order valence-corrected chi connectivity index (χ2v) is 6.19. The molecule has 2 aromatic rings. The highest BCUT2D eigenvalue weighted by atomic mass is 35.5. The highest BCUT2D eigenvalue weighted by Crippen LogP contribution is 2.33. The van der Waals surface area contributed by atoms with E-state index in [1.165, 1.54) is 17.8 Å². The molecule has 0 aromatic carbocycles. The number of nitrogen functional groups attached to an aromatic ring is 1. The molecule has 0 bridgehead atoms. The summed E-state index contributed by atoms with van der Waals surface area (Å²) in [6, 6.07) is 5.54. The fourth-order valence-electron chi connectivity index (χ4n) is 1.62. The van der Waals surface area contributed by atoms with Gasteiger partial charge in [-0.3, -0.25) is 4.98 Å². The fraction of sp³-hybridized carbons (Fsp3) is 0.308. The molecule has 106 valence electrons. The molecule has 2 rings (SSSR count). The van der Waals surface area contributed by atoms with Crippen LogP contribution in [0.5, 0.6) is 0 Å². The molecular formula is C13H16ClN5S. The monoisotopic (exact) mass is 309 g/mol. The van der Waals surface area contributed by atoms with Crippen LogP contribution < -0.4 is 10.6 Å². The smallest absolute Gasteiger partial charge is 0.191 e. The van der Waals surface area contributed by atoms with E-state index in [0.29, 0.717) is 16.1 Å². The van der Waals surface area contributed by atoms with Crippen molar-refractivity contribution in [2.45, 2.75) is 17.3 Å². The van der Waals surface area contributed by atoms with Crippen LogP contribution in [0.1, 0.15) is 17.9 Å². The Balaban J connectivity index is 2.19. The first-order chi connectivity index (χ1) is 9.45. The number of rotatable bonds is 4. The van der Waals surface area contributed by atoms with Gasteiger partial charge in [0.1, 0.15) is 11.0 Å². The van der Waals surface area contributed by atoms with E-state index in [2.05, 4.69) is 15.0 Å². The van der Waals surface area contributed by atoms with Gasteiger partial charge in [-0.05, 0) is 19.1 Å². The molecule has 0 aliphatic carbocycles. The van der Waals surface area contributed by atoms with Gasteiger partial charge in [0, 0.05) is 32.0 Å². The SMILES string of the molecule is CC(Sc1nc(N)cc(Cl)n1)c1cc(N(C)C)ccn1. The molecule has 2 N–H and O–H groups in total. The van der Waals surface area contributed by atoms with Gasteiger partial charge in [0.2, 0.25) is 0 Å². The first-order valence-corrected chi connectivity index (χ1v) is 7.31. The molecule has 0 amide bonds. The van der Waals surface area contributed by atoms with Gasteiger partial charge in [-0.1, -0.05) is 23.4 Å². The van der Waals surface area contributed by atoms with Crippen LogP contribution in [0.3, 0.4) is 0 Å². The number of anilines is 2. The molecule has 0 fully saturated rings. The molecule has 2 aromatic heterocycles. The van der Waals surface area contributed by atoms with E-state index in [-0.39, 0.29) is 5.25 Å². The molecule has 0 aliphatic heterocycles. The van der Waals surface area contributed by atoms with Crippen LogP contribution in [0, 0.1) is 0 Å². The number of thioether (sulfide) groups is 1. The summed E-state index contributed by atoms with van der Waals surface area (Å²) >= 11 is 7.36. The van der Waals surface area contributed by atoms with Gasteiger partial charge in [-0.2, -0.15) is 0 Å². The minimum absolute atomic E-state index is 0.104. The molecule has 1 atom stereocenters. The molecule has 1 unspecified atom stereocenters. The number of hydrogen-bond donors (Lipinski definition) is 1. The van der Waals surface area contributed by atoms with Gasteiger partial charge in [0.05, 0.1) is 10.9 Å². The van der Waals surface area contributed by atoms with E-state index in [9.17, 15) is 0 Å². The number of nitrogens with zero attached hydrogens (tertiary/aromatic N) is 4. The molecule has 7 heteroatoms. The molecule has 2 heterocycles. The number of nitrogens with two attached hydrogens (primary N) is 1. The van der Waals surface area contributed by atoms with Crippen LogP contribution in [0.25, 0.3) is 0 Å². The van der Waals surface area contributed by atoms with Gasteiger partial charge in [0.15, 0.2) is 5.16 Å². The van der Waals surface area contributed by atoms with E-state index in [0.717, 1.165) is 11.4 Å². The average molecular weight is 310 g/mol. The summed E-state index contributed by atoms with van der Waals surface area (Å²) in [5, 5.41) is 1.01. The second kappa shape index (κ2) is 6.28. The lowest BCUT2D eigenvalue weighted by Crippen LogP contribution is -2.09. The Morgan fingerprint density at radius 1 is 1.30 bits per heavy atom. The van der Waals surface area contributed by atoms with Crippen molar-refractivity contribution in [3.8, 4) is 0 Å². The Morgan fingerprint density at radius 3 is 2.70 bits per heavy atom. The van der Waals surface area contributed by atoms with Crippen LogP contribution in [0.2, 0.25) is 5.15 Å². The van der Waals surface area contributed by atoms with Crippen LogP contribution in [0.4, 0.5) is 11.5 Å². The molecular weight excluding hydrogens is 294 g/mol. The van der Waals surface area contributed by atoms with E-state index >= 15 is 0 Å². The van der Waals surface area contributed by atoms with Crippen molar-refractivity contribution in [1.82, 2.24) is 15.0 Å². The number of aromatic nitrogens is 3. The predicted octanol–water partition coefficient (Wildman–Crippen LogP) is 3.03. The maximum Gasteiger partial charge on any atom is 0.191 e. The lowest BCUT2D eigenvalue weighted by atomic mass is 10.2. The fourth-order valence-corrected chi connectivity index (χ4v) is 2.74. The highest BCUT2D eigenvalue weighted by molar-refractivity contribution is 7.99. The van der Waals surface area contributed by atoms with Crippen molar-refractivity contribution in [1.29, 1.82) is 0 Å². The summed E-state index contributed by atoms with van der Waals surface area (Å²) in [6.07, 6.45) is 1.80. The molecule has 0 spiro atoms. The van der Waals surface area contributed by atoms with Crippen molar-refractivity contribution in [3.63, 3.8) is 0 Å². The van der Waals surface area contributed by atoms with E-state index in [1.54, 1.807) is 6.20 Å². The van der Waals surface area contributed by atoms with Crippen molar-refractivity contribution in [3.05, 3.63) is 35.2 Å². The summed E-state index contributed by atoms with van der Waals surface area (Å²) in [7, 11) is 4.00. The van der Waals surface area contributed by atoms with Crippen molar-refractivity contribution < 1.29 is 0 Å². The van der Waals surface area contributed by atoms with Gasteiger partial charge < -0.3 is 10.6 Å². The zero-order chi connectivity index (χ0) is 14.7. The third-order valence-electron chi connectivity index (χ3n) is 2.67. The van der Waals surface area contributed by atoms with Crippen LogP contribution >= 0.6 is 23.4 Å². The van der Waals surface area contributed by atoms with Gasteiger partial charge >= 0.3 is 0 Å². The predicted molar refractivity (Wildman–Crippen MR) is 84.3 cm³/mol. The third-order valence-corrected chi connectivity index (χ3v) is 3.86. The molecule has 0 saturated heterocycles. The summed E-state index contributed by atoms with van der Waals surface area (Å²) < 4.78 is 0. The number of hydrogen-bond acceptors (Lipinski definition) is 6. The standard InChI is InChI=1S/C13H16ClN5S/c1-8(10-6-9(19(2)3)4-5-16-10)20-13-17-11(14)7-12(15)18-13/h4-8H,1-3H3,(H2,15,17,18). The first kappa shape index (κ1) is 14.9. The summed E-state index contributed by atoms with van der Waals surface area (Å²) in [5.74, 6) is 0.370. The zero-order valence-electron chi connectivity index (χ0n) is 11.5. The van der Waals surface area contributed by atoms with Crippen LogP contribution in [-0.4, -0.2) is 29.0 Å². The maximum atomic E-state index is 5.88. The van der Waals surface area contributed by atoms with Gasteiger partial charge in [0.25, 0.3) is 0 Å². The van der Waals surface area contributed by atoms with E-state index < -0.39 is 0 Å². The molecule has 20 heavy (non-hydrogen) atoms. The lowest BCUT2D eigenvalue weighted by Gasteiger charge is -2.15. The highest BCUT2D eigenvalue weighted by Gasteiger charge is 2.13. The topological polar surface area (TPSA) is 67.9 Å². The lowest BCUT2D eigenvalue weighted by molar-refractivity contribution is 0.942. The maximum absolute atomic E-state index is 5.88. The third kappa shape index (κ3) is 3.74. The van der Waals surface area contributed by atoms with E-state index in [4.69, 9.17) is 17.3 Å². The molecule has 5 nitrogen and oxygen atoms in total. The Morgan fingerprint density at radius 2 is 2.05 bits per heavy atom. The minimum Gasteiger partial charge on any atom is -0.384 e. The first-order valence-electron chi connectivity index (χ1n) is 6.05. The normalized spacial score (nSPS) is 12.2. The van der Waals surface area contributed by atoms with Gasteiger partial charge in [-0.15, -0.1) is 0 Å². The Bertz CT molecular complexity index is 585. The molecule has 0 aliphatic rings. The summed E-state index contributed by atoms with van der Waals surface area (Å²) in [6.45, 7) is 2.05. The largest absolute Gasteiger partial charge is 0.384 e. The number of pyridine rings is 1. The Labute approximate surface area is 127 Å². The Kier molecular flexibility index (Phi) is 4.67.